The fourth-order valence-corrected chi connectivity index (χ4v) is 1.37. The summed E-state index contributed by atoms with van der Waals surface area (Å²) in [5, 5.41) is 11.8. The number of carbonyl (C=O) groups excluding carboxylic acids is 1. The molecule has 94 valence electrons. The largest absolute Gasteiger partial charge is 0.395 e. The lowest BCUT2D eigenvalue weighted by Crippen LogP contribution is -2.48. The van der Waals surface area contributed by atoms with E-state index in [1.165, 1.54) is 0 Å². The average molecular weight is 228 g/mol. The Morgan fingerprint density at radius 2 is 2.19 bits per heavy atom. The molecule has 4 nitrogen and oxygen atoms in total. The molecular formula is C12H24N2O2. The molecule has 0 heterocycles. The van der Waals surface area contributed by atoms with Gasteiger partial charge in [0, 0.05) is 19.1 Å². The van der Waals surface area contributed by atoms with Gasteiger partial charge in [0.2, 0.25) is 5.91 Å². The van der Waals surface area contributed by atoms with Crippen LogP contribution < -0.4 is 5.32 Å². The Kier molecular flexibility index (Phi) is 7.85. The number of nitrogens with zero attached hydrogens (tertiary/aromatic N) is 1. The van der Waals surface area contributed by atoms with E-state index in [1.54, 1.807) is 6.08 Å². The van der Waals surface area contributed by atoms with E-state index >= 15 is 0 Å². The van der Waals surface area contributed by atoms with Crippen molar-refractivity contribution in [1.82, 2.24) is 10.2 Å². The van der Waals surface area contributed by atoms with Crippen molar-refractivity contribution in [3.8, 4) is 0 Å². The zero-order valence-corrected chi connectivity index (χ0v) is 10.6. The van der Waals surface area contributed by atoms with Crippen molar-refractivity contribution in [1.29, 1.82) is 0 Å². The molecule has 2 N–H and O–H groups in total. The maximum Gasteiger partial charge on any atom is 0.237 e. The van der Waals surface area contributed by atoms with E-state index in [9.17, 15) is 4.79 Å². The van der Waals surface area contributed by atoms with Gasteiger partial charge in [0.1, 0.15) is 0 Å². The molecule has 0 bridgehead atoms. The number of hydrogen-bond donors (Lipinski definition) is 2. The summed E-state index contributed by atoms with van der Waals surface area (Å²) in [4.78, 5) is 13.7. The minimum atomic E-state index is -0.237. The molecule has 0 saturated carbocycles. The van der Waals surface area contributed by atoms with Crippen LogP contribution in [0.5, 0.6) is 0 Å². The van der Waals surface area contributed by atoms with Crippen LogP contribution in [-0.4, -0.2) is 47.7 Å². The number of rotatable bonds is 8. The van der Waals surface area contributed by atoms with Gasteiger partial charge in [-0.2, -0.15) is 0 Å². The Labute approximate surface area is 98.3 Å². The molecule has 0 rings (SSSR count). The zero-order chi connectivity index (χ0) is 12.6. The number of hydrogen-bond acceptors (Lipinski definition) is 3. The standard InChI is InChI=1S/C12H24N2O2/c1-5-7-14(8-9-15)11(4)12(16)13-10(3)6-2/h5,10-11,15H,1,6-9H2,2-4H3,(H,13,16). The van der Waals surface area contributed by atoms with E-state index in [0.717, 1.165) is 6.42 Å². The summed E-state index contributed by atoms with van der Waals surface area (Å²) in [6, 6.07) is -0.0474. The Balaban J connectivity index is 4.29. The van der Waals surface area contributed by atoms with Crippen LogP contribution in [0, 0.1) is 0 Å². The van der Waals surface area contributed by atoms with Gasteiger partial charge in [0.25, 0.3) is 0 Å². The lowest BCUT2D eigenvalue weighted by atomic mass is 10.2. The van der Waals surface area contributed by atoms with Crippen LogP contribution in [0.15, 0.2) is 12.7 Å². The van der Waals surface area contributed by atoms with Gasteiger partial charge in [0.15, 0.2) is 0 Å². The second kappa shape index (κ2) is 8.30. The van der Waals surface area contributed by atoms with E-state index in [1.807, 2.05) is 25.7 Å². The SMILES string of the molecule is C=CCN(CCO)C(C)C(=O)NC(C)CC. The van der Waals surface area contributed by atoms with E-state index in [-0.39, 0.29) is 24.6 Å². The zero-order valence-electron chi connectivity index (χ0n) is 10.6. The second-order valence-corrected chi connectivity index (χ2v) is 4.00. The summed E-state index contributed by atoms with van der Waals surface area (Å²) in [5.41, 5.74) is 0. The highest BCUT2D eigenvalue weighted by atomic mass is 16.3. The lowest BCUT2D eigenvalue weighted by Gasteiger charge is -2.27. The lowest BCUT2D eigenvalue weighted by molar-refractivity contribution is -0.126. The van der Waals surface area contributed by atoms with Gasteiger partial charge in [-0.05, 0) is 20.3 Å². The third kappa shape index (κ3) is 5.28. The minimum absolute atomic E-state index is 0.00431. The molecule has 4 heteroatoms. The van der Waals surface area contributed by atoms with Crippen molar-refractivity contribution in [3.05, 3.63) is 12.7 Å². The van der Waals surface area contributed by atoms with E-state index in [0.29, 0.717) is 13.1 Å². The highest BCUT2D eigenvalue weighted by Crippen LogP contribution is 2.00. The van der Waals surface area contributed by atoms with Crippen LogP contribution >= 0.6 is 0 Å². The Bertz CT molecular complexity index is 219. The number of carbonyl (C=O) groups is 1. The number of nitrogens with one attached hydrogen (secondary N) is 1. The summed E-state index contributed by atoms with van der Waals surface area (Å²) in [6.45, 7) is 10.6. The van der Waals surface area contributed by atoms with Gasteiger partial charge in [-0.15, -0.1) is 6.58 Å². The highest BCUT2D eigenvalue weighted by Gasteiger charge is 2.20. The molecule has 1 amide bonds. The van der Waals surface area contributed by atoms with Crippen LogP contribution in [0.2, 0.25) is 0 Å². The van der Waals surface area contributed by atoms with Crippen LogP contribution in [0.3, 0.4) is 0 Å². The molecule has 0 aromatic rings. The molecule has 0 spiro atoms. The van der Waals surface area contributed by atoms with Gasteiger partial charge >= 0.3 is 0 Å². The Hall–Kier alpha value is -0.870. The van der Waals surface area contributed by atoms with Crippen LogP contribution in [0.4, 0.5) is 0 Å². The highest BCUT2D eigenvalue weighted by molar-refractivity contribution is 5.81. The quantitative estimate of drug-likeness (QED) is 0.603. The van der Waals surface area contributed by atoms with Crippen LogP contribution in [0.1, 0.15) is 27.2 Å². The molecule has 0 aromatic heterocycles. The third-order valence-corrected chi connectivity index (χ3v) is 2.68. The van der Waals surface area contributed by atoms with Gasteiger partial charge in [-0.3, -0.25) is 9.69 Å². The molecule has 0 radical (unpaired) electrons. The maximum absolute atomic E-state index is 11.8. The molecule has 0 aliphatic rings. The molecular weight excluding hydrogens is 204 g/mol. The summed E-state index contributed by atoms with van der Waals surface area (Å²) in [5.74, 6) is 0.00431. The van der Waals surface area contributed by atoms with Gasteiger partial charge in [-0.25, -0.2) is 0 Å². The summed E-state index contributed by atoms with van der Waals surface area (Å²) < 4.78 is 0. The van der Waals surface area contributed by atoms with Crippen molar-refractivity contribution in [3.63, 3.8) is 0 Å². The predicted octanol–water partition coefficient (Wildman–Crippen LogP) is 0.770. The summed E-state index contributed by atoms with van der Waals surface area (Å²) in [7, 11) is 0. The third-order valence-electron chi connectivity index (χ3n) is 2.68. The monoisotopic (exact) mass is 228 g/mol. The van der Waals surface area contributed by atoms with E-state index in [4.69, 9.17) is 5.11 Å². The first kappa shape index (κ1) is 15.1. The van der Waals surface area contributed by atoms with Crippen LogP contribution in [-0.2, 0) is 4.79 Å². The van der Waals surface area contributed by atoms with Crippen LogP contribution in [0.25, 0.3) is 0 Å². The van der Waals surface area contributed by atoms with Gasteiger partial charge in [0.05, 0.1) is 12.6 Å². The summed E-state index contributed by atoms with van der Waals surface area (Å²) in [6.07, 6.45) is 2.66. The first-order valence-electron chi connectivity index (χ1n) is 5.82. The molecule has 0 aliphatic carbocycles. The van der Waals surface area contributed by atoms with Crippen molar-refractivity contribution >= 4 is 5.91 Å². The molecule has 2 unspecified atom stereocenters. The Morgan fingerprint density at radius 3 is 2.62 bits per heavy atom. The second-order valence-electron chi connectivity index (χ2n) is 4.00. The molecule has 0 fully saturated rings. The Morgan fingerprint density at radius 1 is 1.56 bits per heavy atom. The minimum Gasteiger partial charge on any atom is -0.395 e. The van der Waals surface area contributed by atoms with E-state index < -0.39 is 0 Å². The number of amides is 1. The fraction of sp³-hybridized carbons (Fsp3) is 0.750. The van der Waals surface area contributed by atoms with Crippen molar-refractivity contribution in [2.45, 2.75) is 39.3 Å². The predicted molar refractivity (Wildman–Crippen MR) is 66.2 cm³/mol. The molecule has 0 aliphatic heterocycles. The molecule has 0 aromatic carbocycles. The normalized spacial score (nSPS) is 14.6. The van der Waals surface area contributed by atoms with Crippen molar-refractivity contribution in [2.24, 2.45) is 0 Å². The summed E-state index contributed by atoms with van der Waals surface area (Å²) >= 11 is 0. The van der Waals surface area contributed by atoms with E-state index in [2.05, 4.69) is 11.9 Å². The molecule has 0 saturated heterocycles. The smallest absolute Gasteiger partial charge is 0.237 e. The molecule has 2 atom stereocenters. The fourth-order valence-electron chi connectivity index (χ4n) is 1.37. The van der Waals surface area contributed by atoms with Crippen molar-refractivity contribution in [2.75, 3.05) is 19.7 Å². The van der Waals surface area contributed by atoms with Crippen molar-refractivity contribution < 1.29 is 9.90 Å². The molecule has 16 heavy (non-hydrogen) atoms. The number of aliphatic hydroxyl groups excluding tert-OH is 1. The first-order chi connectivity index (χ1) is 7.56. The number of aliphatic hydroxyl groups is 1. The maximum atomic E-state index is 11.8. The average Bonchev–Trinajstić information content (AvgIpc) is 2.27. The first-order valence-corrected chi connectivity index (χ1v) is 5.82. The topological polar surface area (TPSA) is 52.6 Å². The van der Waals surface area contributed by atoms with Gasteiger partial charge < -0.3 is 10.4 Å². The van der Waals surface area contributed by atoms with Gasteiger partial charge in [-0.1, -0.05) is 13.0 Å².